The van der Waals surface area contributed by atoms with Crippen molar-refractivity contribution >= 4 is 65.4 Å². The van der Waals surface area contributed by atoms with E-state index in [-0.39, 0.29) is 24.8 Å². The first kappa shape index (κ1) is 36.8. The molecule has 0 nitrogen and oxygen atoms in total. The van der Waals surface area contributed by atoms with E-state index in [1.165, 1.54) is 60.5 Å². The summed E-state index contributed by atoms with van der Waals surface area (Å²) in [4.78, 5) is 0. The van der Waals surface area contributed by atoms with Crippen LogP contribution >= 0.6 is 24.8 Å². The molecule has 0 heterocycles. The summed E-state index contributed by atoms with van der Waals surface area (Å²) < 4.78 is 6.56. The molecule has 0 saturated carbocycles. The maximum Gasteiger partial charge on any atom is -0.147 e. The first-order valence-electron chi connectivity index (χ1n) is 17.8. The number of hydrogen-bond acceptors (Lipinski definition) is 0. The van der Waals surface area contributed by atoms with Gasteiger partial charge in [-0.25, -0.2) is 0 Å². The molecule has 2 aliphatic rings. The standard InChI is InChI=1S/2C22H19.2CH3.2ClH.H2Si.Zr/c1-15(2)18-13-17-9-6-12-21(22(17)14-18)20-11-5-8-16-7-3-4-10-19(16)20;1-3-16-11-12-20(22-14-15(2)13-21(16)22)19-10-6-8-17-7-4-5-9-18(17)19;;;;;;/h3-15H,1-2H3;4-14H,3H2,1-2H3;2*1H3;2*1H;1H2;. The second-order valence-electron chi connectivity index (χ2n) is 15.8. The van der Waals surface area contributed by atoms with Crippen molar-refractivity contribution in [2.24, 2.45) is 5.92 Å². The van der Waals surface area contributed by atoms with Gasteiger partial charge >= 0.3 is 291 Å². The first-order valence-corrected chi connectivity index (χ1v) is 31.5. The molecule has 0 fully saturated rings. The van der Waals surface area contributed by atoms with Crippen molar-refractivity contribution in [2.75, 3.05) is 0 Å². The van der Waals surface area contributed by atoms with E-state index in [0.29, 0.717) is 13.2 Å². The zero-order valence-corrected chi connectivity index (χ0v) is 35.6. The molecule has 8 rings (SSSR count). The van der Waals surface area contributed by atoms with Crippen LogP contribution < -0.4 is 0 Å². The van der Waals surface area contributed by atoms with Crippen molar-refractivity contribution in [3.8, 4) is 22.3 Å². The van der Waals surface area contributed by atoms with Crippen molar-refractivity contribution in [3.05, 3.63) is 154 Å². The molecule has 0 bridgehead atoms. The minimum absolute atomic E-state index is 0. The van der Waals surface area contributed by atoms with Gasteiger partial charge in [-0.3, -0.25) is 0 Å². The molecule has 0 radical (unpaired) electrons. The van der Waals surface area contributed by atoms with Crippen LogP contribution in [0.1, 0.15) is 62.8 Å². The molecule has 0 spiro atoms. The Morgan fingerprint density at radius 2 is 1.12 bits per heavy atom. The van der Waals surface area contributed by atoms with Crippen LogP contribution in [-0.2, 0) is 23.8 Å². The number of allylic oxidation sites excluding steroid dienone is 2. The van der Waals surface area contributed by atoms with E-state index in [2.05, 4.69) is 171 Å². The second-order valence-corrected chi connectivity index (χ2v) is 46.3. The van der Waals surface area contributed by atoms with Crippen LogP contribution in [0.4, 0.5) is 0 Å². The molecule has 6 aromatic rings. The average Bonchev–Trinajstić information content (AvgIpc) is 3.67. The van der Waals surface area contributed by atoms with Crippen molar-refractivity contribution in [1.29, 1.82) is 0 Å². The minimum atomic E-state index is -3.79. The summed E-state index contributed by atoms with van der Waals surface area (Å²) in [7, 11) is 0. The predicted molar refractivity (Wildman–Crippen MR) is 225 cm³/mol. The monoisotopic (exact) mass is 788 g/mol. The van der Waals surface area contributed by atoms with Gasteiger partial charge in [0.1, 0.15) is 0 Å². The Bertz CT molecular complexity index is 2420. The van der Waals surface area contributed by atoms with E-state index in [9.17, 15) is 0 Å². The van der Waals surface area contributed by atoms with Crippen LogP contribution in [0.15, 0.2) is 126 Å². The maximum atomic E-state index is 2.79. The van der Waals surface area contributed by atoms with Crippen molar-refractivity contribution in [2.45, 2.75) is 50.6 Å². The fourth-order valence-electron chi connectivity index (χ4n) is 9.79. The number of fused-ring (bicyclic) bond motifs is 4. The van der Waals surface area contributed by atoms with Gasteiger partial charge in [0.2, 0.25) is 0 Å². The Morgan fingerprint density at radius 3 is 1.70 bits per heavy atom. The van der Waals surface area contributed by atoms with Crippen molar-refractivity contribution in [1.82, 2.24) is 0 Å². The fraction of sp³-hybridized carbons (Fsp3) is 0.217. The minimum Gasteiger partial charge on any atom is -0.147 e. The van der Waals surface area contributed by atoms with Crippen LogP contribution in [0.5, 0.6) is 0 Å². The molecule has 0 aliphatic heterocycles. The predicted octanol–water partition coefficient (Wildman–Crippen LogP) is 13.3. The smallest absolute Gasteiger partial charge is 0.147 e. The largest absolute Gasteiger partial charge is 0.147 e. The molecule has 2 aliphatic carbocycles. The Hall–Kier alpha value is -3.00. The first-order chi connectivity index (χ1) is 23.1. The summed E-state index contributed by atoms with van der Waals surface area (Å²) in [6, 6.07) is 43.4. The van der Waals surface area contributed by atoms with Crippen LogP contribution in [0.2, 0.25) is 9.26 Å². The van der Waals surface area contributed by atoms with Crippen LogP contribution in [-0.4, -0.2) is 6.88 Å². The van der Waals surface area contributed by atoms with Gasteiger partial charge in [-0.1, -0.05) is 0 Å². The van der Waals surface area contributed by atoms with Crippen molar-refractivity contribution < 1.29 is 17.4 Å². The number of benzene rings is 6. The van der Waals surface area contributed by atoms with E-state index < -0.39 is 17.4 Å². The maximum absolute atomic E-state index is 3.79. The summed E-state index contributed by atoms with van der Waals surface area (Å²) in [6.45, 7) is 12.1. The quantitative estimate of drug-likeness (QED) is 0.147. The van der Waals surface area contributed by atoms with E-state index in [1.807, 2.05) is 0 Å². The molecule has 0 amide bonds. The Kier molecular flexibility index (Phi) is 9.95. The second kappa shape index (κ2) is 13.5. The SMILES string of the molecule is CCc1ccc(-c2cccc3ccccc23)c2c1[CH]([Zr]([CH3])([CH3])(=[SiH2])[CH]1C(C(C)C)=Cc3c(-c4cccc5ccccc45)cccc31)C(C)=C2.Cl.Cl. The molecule has 254 valence electrons. The zero-order valence-electron chi connectivity index (χ0n) is 30.1. The van der Waals surface area contributed by atoms with Crippen LogP contribution in [0, 0.1) is 5.92 Å². The molecule has 4 heteroatoms. The molecule has 50 heavy (non-hydrogen) atoms. The van der Waals surface area contributed by atoms with E-state index in [4.69, 9.17) is 0 Å². The summed E-state index contributed by atoms with van der Waals surface area (Å²) >= 11 is -3.79. The Balaban J connectivity index is 0.00000216. The molecule has 0 saturated heterocycles. The average molecular weight is 791 g/mol. The van der Waals surface area contributed by atoms with Gasteiger partial charge in [0.15, 0.2) is 0 Å². The molecular formula is C46H48Cl2SiZr. The molecule has 2 atom stereocenters. The number of rotatable bonds is 6. The van der Waals surface area contributed by atoms with Gasteiger partial charge in [-0.05, 0) is 0 Å². The van der Waals surface area contributed by atoms with E-state index in [1.54, 1.807) is 22.3 Å². The van der Waals surface area contributed by atoms with Crippen LogP contribution in [0.3, 0.4) is 0 Å². The summed E-state index contributed by atoms with van der Waals surface area (Å²) in [5, 5.41) is 5.29. The van der Waals surface area contributed by atoms with Gasteiger partial charge in [0, 0.05) is 0 Å². The topological polar surface area (TPSA) is 0 Å². The molecule has 6 aromatic carbocycles. The van der Waals surface area contributed by atoms with Gasteiger partial charge in [-0.15, -0.1) is 24.8 Å². The van der Waals surface area contributed by atoms with Crippen molar-refractivity contribution in [3.63, 3.8) is 0 Å². The summed E-state index contributed by atoms with van der Waals surface area (Å²) in [6.07, 6.45) is 6.27. The van der Waals surface area contributed by atoms with Gasteiger partial charge in [-0.2, -0.15) is 0 Å². The van der Waals surface area contributed by atoms with E-state index in [0.717, 1.165) is 6.42 Å². The molecule has 0 N–H and O–H groups in total. The Morgan fingerprint density at radius 1 is 0.600 bits per heavy atom. The zero-order chi connectivity index (χ0) is 33.4. The van der Waals surface area contributed by atoms with Gasteiger partial charge < -0.3 is 0 Å². The number of hydrogen-bond donors (Lipinski definition) is 0. The Labute approximate surface area is 313 Å². The summed E-state index contributed by atoms with van der Waals surface area (Å²) in [5.41, 5.74) is 16.3. The normalized spacial score (nSPS) is 16.8. The summed E-state index contributed by atoms with van der Waals surface area (Å²) in [5.74, 6) is 0.484. The molecule has 2 unspecified atom stereocenters. The third kappa shape index (κ3) is 5.67. The third-order valence-corrected chi connectivity index (χ3v) is 29.3. The van der Waals surface area contributed by atoms with Gasteiger partial charge in [0.05, 0.1) is 0 Å². The third-order valence-electron chi connectivity index (χ3n) is 11.7. The molecular weight excluding hydrogens is 743 g/mol. The fourth-order valence-corrected chi connectivity index (χ4v) is 30.3. The van der Waals surface area contributed by atoms with Gasteiger partial charge in [0.25, 0.3) is 0 Å². The van der Waals surface area contributed by atoms with Crippen LogP contribution in [0.25, 0.3) is 56.0 Å². The number of halogens is 2. The number of aryl methyl sites for hydroxylation is 1. The van der Waals surface area contributed by atoms with E-state index >= 15 is 0 Å². The molecule has 0 aromatic heterocycles.